The average molecular weight is 669 g/mol. The quantitative estimate of drug-likeness (QED) is 0.111. The van der Waals surface area contributed by atoms with Crippen molar-refractivity contribution in [1.82, 2.24) is 0 Å². The van der Waals surface area contributed by atoms with Gasteiger partial charge in [0.2, 0.25) is 0 Å². The minimum atomic E-state index is 0.382. The van der Waals surface area contributed by atoms with Gasteiger partial charge in [0.1, 0.15) is 0 Å². The molecule has 0 radical (unpaired) electrons. The van der Waals surface area contributed by atoms with Crippen LogP contribution in [0, 0.1) is 0 Å². The van der Waals surface area contributed by atoms with Crippen LogP contribution in [0.2, 0.25) is 0 Å². The molecule has 0 N–H and O–H groups in total. The van der Waals surface area contributed by atoms with Gasteiger partial charge in [0.05, 0.1) is 0 Å². The Labute approximate surface area is 303 Å². The van der Waals surface area contributed by atoms with E-state index in [4.69, 9.17) is 0 Å². The molecule has 2 aliphatic rings. The topological polar surface area (TPSA) is 0 Å². The van der Waals surface area contributed by atoms with Crippen molar-refractivity contribution in [2.75, 3.05) is 0 Å². The zero-order valence-electron chi connectivity index (χ0n) is 28.6. The Morgan fingerprint density at radius 2 is 0.593 bits per heavy atom. The van der Waals surface area contributed by atoms with E-state index in [2.05, 4.69) is 103 Å². The zero-order valence-corrected chi connectivity index (χ0v) is 28.6. The molecule has 0 heterocycles. The van der Waals surface area contributed by atoms with Gasteiger partial charge < -0.3 is 0 Å². The first kappa shape index (κ1) is 23.7. The maximum Gasteiger partial charge on any atom is 0.00747 e. The van der Waals surface area contributed by atoms with Crippen LogP contribution < -0.4 is 0 Å². The summed E-state index contributed by atoms with van der Waals surface area (Å²) in [5.41, 5.74) is 4.54. The average Bonchev–Trinajstić information content (AvgIpc) is 3.21. The lowest BCUT2D eigenvalue weighted by Gasteiger charge is -2.36. The number of rotatable bonds is 0. The van der Waals surface area contributed by atoms with E-state index in [1.807, 2.05) is 0 Å². The Morgan fingerprint density at radius 1 is 0.278 bits per heavy atom. The van der Waals surface area contributed by atoms with Crippen molar-refractivity contribution in [3.05, 3.63) is 114 Å². The smallest absolute Gasteiger partial charge is 0.00747 e. The van der Waals surface area contributed by atoms with E-state index in [9.17, 15) is 0 Å². The molecule has 54 heavy (non-hydrogen) atoms. The predicted molar refractivity (Wildman–Crippen MR) is 234 cm³/mol. The molecule has 0 nitrogen and oxygen atoms in total. The van der Waals surface area contributed by atoms with E-state index >= 15 is 0 Å². The van der Waals surface area contributed by atoms with Crippen molar-refractivity contribution in [1.29, 1.82) is 0 Å². The van der Waals surface area contributed by atoms with Gasteiger partial charge in [0.15, 0.2) is 0 Å². The SMILES string of the molecule is C1=CC2Cc3ccc4cc5ccc6cc7ccc8cc9ccc%10cc%11ccc%12cc1c1c2c2c3c4c3c5c6c4c7c8c5c9c%10c6c%11c%12c1c1c2c3c4c5c61. The van der Waals surface area contributed by atoms with Crippen molar-refractivity contribution in [2.24, 2.45) is 0 Å². The summed E-state index contributed by atoms with van der Waals surface area (Å²) in [7, 11) is 0. The summed E-state index contributed by atoms with van der Waals surface area (Å²) in [4.78, 5) is 0. The Morgan fingerprint density at radius 3 is 1.02 bits per heavy atom. The fourth-order valence-corrected chi connectivity index (χ4v) is 14.4. The molecule has 1 atom stereocenters. The zero-order chi connectivity index (χ0) is 33.5. The lowest BCUT2D eigenvalue weighted by molar-refractivity contribution is 0.849. The molecule has 17 aromatic rings. The Balaban J connectivity index is 1.38. The van der Waals surface area contributed by atoms with Crippen LogP contribution in [0.3, 0.4) is 0 Å². The van der Waals surface area contributed by atoms with Gasteiger partial charge in [-0.15, -0.1) is 0 Å². The maximum atomic E-state index is 2.55. The second-order valence-electron chi connectivity index (χ2n) is 17.7. The maximum absolute atomic E-state index is 2.55. The predicted octanol–water partition coefficient (Wildman–Crippen LogP) is 15.2. The molecule has 0 aliphatic heterocycles. The van der Waals surface area contributed by atoms with Crippen LogP contribution >= 0.6 is 0 Å². The summed E-state index contributed by atoms with van der Waals surface area (Å²) < 4.78 is 0. The molecule has 19 rings (SSSR count). The summed E-state index contributed by atoms with van der Waals surface area (Å²) in [6, 6.07) is 36.9. The van der Waals surface area contributed by atoms with Gasteiger partial charge in [-0.2, -0.15) is 0 Å². The summed E-state index contributed by atoms with van der Waals surface area (Å²) in [6.45, 7) is 0. The highest BCUT2D eigenvalue weighted by molar-refractivity contribution is 6.65. The molecule has 0 aromatic heterocycles. The van der Waals surface area contributed by atoms with Gasteiger partial charge >= 0.3 is 0 Å². The van der Waals surface area contributed by atoms with Gasteiger partial charge in [0.25, 0.3) is 0 Å². The van der Waals surface area contributed by atoms with Crippen LogP contribution in [0.4, 0.5) is 0 Å². The monoisotopic (exact) mass is 668 g/mol. The molecule has 1 unspecified atom stereocenters. The van der Waals surface area contributed by atoms with Crippen molar-refractivity contribution in [3.8, 4) is 0 Å². The lowest BCUT2D eigenvalue weighted by atomic mass is 9.66. The fourth-order valence-electron chi connectivity index (χ4n) is 14.4. The normalized spacial score (nSPS) is 16.9. The standard InChI is InChI=1S/C54H20/c1-2-20-14-22-5-6-24-16-26-9-11-29-18-30-12-10-28-17-27-8-7-25-15-23-4-3-21-13-19(1)31-32(20)44-34(22)36(24)46-39(26)41(29)48-42(30)40(28)47-38(27)37(25)45-35(23)33(21)43(31)49-50(44)52(46)54(48)53(47)51(45)49/h1-17,29H,18H2. The molecule has 0 amide bonds. The van der Waals surface area contributed by atoms with Crippen LogP contribution in [0.25, 0.3) is 178 Å². The van der Waals surface area contributed by atoms with E-state index in [-0.39, 0.29) is 0 Å². The summed E-state index contributed by atoms with van der Waals surface area (Å²) >= 11 is 0. The highest BCUT2D eigenvalue weighted by Gasteiger charge is 2.38. The fraction of sp³-hybridized carbons (Fsp3) is 0.0370. The molecular formula is C54H20. The van der Waals surface area contributed by atoms with Gasteiger partial charge in [-0.1, -0.05) is 72.8 Å². The highest BCUT2D eigenvalue weighted by Crippen LogP contribution is 2.65. The molecule has 236 valence electrons. The largest absolute Gasteiger partial charge is 0.0760 e. The molecule has 0 saturated carbocycles. The summed E-state index contributed by atoms with van der Waals surface area (Å²) in [5.74, 6) is 0.382. The van der Waals surface area contributed by atoms with E-state index in [0.29, 0.717) is 5.92 Å². The highest BCUT2D eigenvalue weighted by atomic mass is 14.4. The third kappa shape index (κ3) is 1.91. The van der Waals surface area contributed by atoms with E-state index < -0.39 is 0 Å². The molecule has 2 aliphatic carbocycles. The van der Waals surface area contributed by atoms with Crippen molar-refractivity contribution >= 4 is 178 Å². The Hall–Kier alpha value is -6.76. The van der Waals surface area contributed by atoms with Crippen molar-refractivity contribution in [3.63, 3.8) is 0 Å². The first-order valence-corrected chi connectivity index (χ1v) is 19.7. The van der Waals surface area contributed by atoms with Crippen LogP contribution in [-0.2, 0) is 6.42 Å². The molecule has 0 fully saturated rings. The Bertz CT molecular complexity index is 4620. The van der Waals surface area contributed by atoms with E-state index in [1.165, 1.54) is 157 Å². The second kappa shape index (κ2) is 6.66. The van der Waals surface area contributed by atoms with Gasteiger partial charge in [0, 0.05) is 5.92 Å². The minimum absolute atomic E-state index is 0.382. The van der Waals surface area contributed by atoms with Crippen LogP contribution in [-0.4, -0.2) is 0 Å². The van der Waals surface area contributed by atoms with Crippen LogP contribution in [0.15, 0.2) is 97.1 Å². The molecule has 0 heteroatoms. The molecule has 0 bridgehead atoms. The first-order valence-electron chi connectivity index (χ1n) is 19.7. The van der Waals surface area contributed by atoms with Gasteiger partial charge in [-0.3, -0.25) is 0 Å². The number of hydrogen-bond donors (Lipinski definition) is 0. The Kier molecular flexibility index (Phi) is 2.93. The third-order valence-electron chi connectivity index (χ3n) is 15.9. The van der Waals surface area contributed by atoms with Gasteiger partial charge in [-0.25, -0.2) is 0 Å². The molecule has 0 spiro atoms. The van der Waals surface area contributed by atoms with Gasteiger partial charge in [-0.05, 0) is 226 Å². The van der Waals surface area contributed by atoms with Crippen molar-refractivity contribution in [2.45, 2.75) is 12.3 Å². The summed E-state index contributed by atoms with van der Waals surface area (Å²) in [5, 5.41) is 47.2. The van der Waals surface area contributed by atoms with E-state index in [1.54, 1.807) is 32.5 Å². The first-order chi connectivity index (χ1) is 26.8. The third-order valence-corrected chi connectivity index (χ3v) is 15.9. The number of benzene rings is 17. The van der Waals surface area contributed by atoms with Crippen molar-refractivity contribution < 1.29 is 0 Å². The van der Waals surface area contributed by atoms with E-state index in [0.717, 1.165) is 6.42 Å². The number of hydrogen-bond acceptors (Lipinski definition) is 0. The lowest BCUT2D eigenvalue weighted by Crippen LogP contribution is -2.13. The second-order valence-corrected chi connectivity index (χ2v) is 17.7. The number of allylic oxidation sites excluding steroid dienone is 1. The molecular weight excluding hydrogens is 649 g/mol. The van der Waals surface area contributed by atoms with Crippen LogP contribution in [0.5, 0.6) is 0 Å². The molecule has 17 aromatic carbocycles. The van der Waals surface area contributed by atoms with Crippen LogP contribution in [0.1, 0.15) is 22.6 Å². The minimum Gasteiger partial charge on any atom is -0.0760 e. The molecule has 0 saturated heterocycles. The summed E-state index contributed by atoms with van der Waals surface area (Å²) in [6.07, 6.45) is 6.10.